The summed E-state index contributed by atoms with van der Waals surface area (Å²) in [4.78, 5) is 47.0. The summed E-state index contributed by atoms with van der Waals surface area (Å²) in [5.74, 6) is 0.659. The summed E-state index contributed by atoms with van der Waals surface area (Å²) >= 11 is 3.37. The predicted octanol–water partition coefficient (Wildman–Crippen LogP) is 3.85. The average Bonchev–Trinajstić information content (AvgIpc) is 2.90. The lowest BCUT2D eigenvalue weighted by atomic mass is 10.1. The van der Waals surface area contributed by atoms with Gasteiger partial charge in [0.25, 0.3) is 0 Å². The van der Waals surface area contributed by atoms with Crippen LogP contribution in [-0.4, -0.2) is 86.5 Å². The van der Waals surface area contributed by atoms with E-state index in [4.69, 9.17) is 23.7 Å². The van der Waals surface area contributed by atoms with E-state index in [1.807, 2.05) is 0 Å². The van der Waals surface area contributed by atoms with Crippen molar-refractivity contribution in [3.63, 3.8) is 0 Å². The van der Waals surface area contributed by atoms with Crippen molar-refractivity contribution in [2.45, 2.75) is 39.5 Å². The van der Waals surface area contributed by atoms with Gasteiger partial charge in [0.15, 0.2) is 0 Å². The van der Waals surface area contributed by atoms with Crippen LogP contribution < -0.4 is 0 Å². The first-order valence-electron chi connectivity index (χ1n) is 12.5. The van der Waals surface area contributed by atoms with Gasteiger partial charge in [0.05, 0.1) is 64.3 Å². The second kappa shape index (κ2) is 24.4. The minimum absolute atomic E-state index is 0.0161. The van der Waals surface area contributed by atoms with Crippen molar-refractivity contribution in [1.29, 1.82) is 0 Å². The minimum atomic E-state index is -0.592. The fraction of sp³-hybridized carbons (Fsp3) is 0.692. The van der Waals surface area contributed by atoms with Gasteiger partial charge < -0.3 is 23.7 Å². The maximum atomic E-state index is 12.0. The molecule has 0 amide bonds. The van der Waals surface area contributed by atoms with Gasteiger partial charge in [-0.1, -0.05) is 27.0 Å². The number of rotatable bonds is 24. The molecule has 0 heterocycles. The lowest BCUT2D eigenvalue weighted by molar-refractivity contribution is -0.148. The molecule has 0 aliphatic rings. The summed E-state index contributed by atoms with van der Waals surface area (Å²) in [6.07, 6.45) is 4.77. The second-order valence-electron chi connectivity index (χ2n) is 8.03. The zero-order valence-corrected chi connectivity index (χ0v) is 23.7. The molecule has 0 radical (unpaired) electrons. The van der Waals surface area contributed by atoms with Crippen LogP contribution in [0.25, 0.3) is 0 Å². The average molecular weight is 563 g/mol. The van der Waals surface area contributed by atoms with Gasteiger partial charge in [0.2, 0.25) is 0 Å². The molecule has 0 saturated heterocycles. The molecule has 0 rings (SSSR count). The van der Waals surface area contributed by atoms with Crippen molar-refractivity contribution in [2.75, 3.05) is 62.7 Å². The van der Waals surface area contributed by atoms with Crippen molar-refractivity contribution in [1.82, 2.24) is 0 Å². The molecule has 0 bridgehead atoms. The third-order valence-electron chi connectivity index (χ3n) is 4.52. The Labute approximate surface area is 229 Å². The largest absolute Gasteiger partial charge is 0.465 e. The molecule has 0 N–H and O–H groups in total. The van der Waals surface area contributed by atoms with E-state index in [1.165, 1.54) is 0 Å². The maximum Gasteiger partial charge on any atom is 0.330 e. The van der Waals surface area contributed by atoms with E-state index in [0.29, 0.717) is 24.3 Å². The van der Waals surface area contributed by atoms with Gasteiger partial charge in [0, 0.05) is 23.7 Å². The molecule has 0 aliphatic heterocycles. The van der Waals surface area contributed by atoms with Crippen LogP contribution in [0, 0.1) is 11.8 Å². The SMILES string of the molecule is C=CC(=O)OCC(COCC(COC(=O)C=C)COC(=O)CCSCCC)COC(=O)CCSCCC. The minimum Gasteiger partial charge on any atom is -0.465 e. The van der Waals surface area contributed by atoms with Crippen LogP contribution in [0.15, 0.2) is 25.3 Å². The summed E-state index contributed by atoms with van der Waals surface area (Å²) in [6, 6.07) is 0. The number of hydrogen-bond acceptors (Lipinski definition) is 11. The predicted molar refractivity (Wildman–Crippen MR) is 146 cm³/mol. The molecule has 0 aromatic heterocycles. The van der Waals surface area contributed by atoms with Crippen molar-refractivity contribution < 1.29 is 42.9 Å². The van der Waals surface area contributed by atoms with Crippen molar-refractivity contribution in [2.24, 2.45) is 11.8 Å². The smallest absolute Gasteiger partial charge is 0.330 e. The topological polar surface area (TPSA) is 114 Å². The molecule has 0 spiro atoms. The first-order chi connectivity index (χ1) is 17.9. The highest BCUT2D eigenvalue weighted by Crippen LogP contribution is 2.10. The van der Waals surface area contributed by atoms with E-state index < -0.39 is 23.8 Å². The first-order valence-corrected chi connectivity index (χ1v) is 14.8. The van der Waals surface area contributed by atoms with Gasteiger partial charge in [-0.3, -0.25) is 9.59 Å². The molecule has 0 fully saturated rings. The van der Waals surface area contributed by atoms with Crippen LogP contribution in [0.4, 0.5) is 0 Å². The Hall–Kier alpha value is -1.98. The van der Waals surface area contributed by atoms with Crippen LogP contribution in [0.2, 0.25) is 0 Å². The summed E-state index contributed by atoms with van der Waals surface area (Å²) in [5, 5.41) is 0. The number of thioether (sulfide) groups is 2. The standard InChI is InChI=1S/C26H42O9S2/c1-5-11-36-13-9-25(29)34-19-21(17-32-23(27)7-3)15-31-16-22(18-33-24(28)8-4)20-35-26(30)10-14-37-12-6-2/h7-8,21-22H,3-6,9-20H2,1-2H3. The van der Waals surface area contributed by atoms with Crippen LogP contribution in [-0.2, 0) is 42.9 Å². The van der Waals surface area contributed by atoms with Gasteiger partial charge in [0.1, 0.15) is 0 Å². The van der Waals surface area contributed by atoms with E-state index in [9.17, 15) is 19.2 Å². The maximum absolute atomic E-state index is 12.0. The Morgan fingerprint density at radius 1 is 0.622 bits per heavy atom. The zero-order chi connectivity index (χ0) is 27.7. The first kappa shape index (κ1) is 35.0. The zero-order valence-electron chi connectivity index (χ0n) is 22.1. The highest BCUT2D eigenvalue weighted by atomic mass is 32.2. The van der Waals surface area contributed by atoms with E-state index in [-0.39, 0.29) is 51.6 Å². The lowest BCUT2D eigenvalue weighted by Crippen LogP contribution is -2.29. The molecule has 11 heteroatoms. The second-order valence-corrected chi connectivity index (χ2v) is 10.5. The number of carbonyl (C=O) groups excluding carboxylic acids is 4. The van der Waals surface area contributed by atoms with Gasteiger partial charge in [-0.2, -0.15) is 23.5 Å². The highest BCUT2D eigenvalue weighted by molar-refractivity contribution is 7.99. The Balaban J connectivity index is 4.75. The molecule has 2 atom stereocenters. The Bertz CT molecular complexity index is 629. The van der Waals surface area contributed by atoms with Crippen LogP contribution in [0.3, 0.4) is 0 Å². The Morgan fingerprint density at radius 3 is 1.35 bits per heavy atom. The molecule has 2 unspecified atom stereocenters. The van der Waals surface area contributed by atoms with E-state index >= 15 is 0 Å². The molecule has 0 saturated carbocycles. The fourth-order valence-electron chi connectivity index (χ4n) is 2.58. The third kappa shape index (κ3) is 21.8. The van der Waals surface area contributed by atoms with Crippen molar-refractivity contribution in [3.8, 4) is 0 Å². The van der Waals surface area contributed by atoms with Gasteiger partial charge in [-0.15, -0.1) is 0 Å². The molecule has 0 aliphatic carbocycles. The molecule has 0 aromatic rings. The van der Waals surface area contributed by atoms with Crippen LogP contribution in [0.1, 0.15) is 39.5 Å². The van der Waals surface area contributed by atoms with Crippen LogP contribution in [0.5, 0.6) is 0 Å². The van der Waals surface area contributed by atoms with E-state index in [0.717, 1.165) is 36.5 Å². The molecule has 9 nitrogen and oxygen atoms in total. The van der Waals surface area contributed by atoms with E-state index in [2.05, 4.69) is 27.0 Å². The fourth-order valence-corrected chi connectivity index (χ4v) is 4.19. The highest BCUT2D eigenvalue weighted by Gasteiger charge is 2.19. The Morgan fingerprint density at radius 2 is 1.00 bits per heavy atom. The van der Waals surface area contributed by atoms with Gasteiger partial charge in [-0.05, 0) is 24.3 Å². The molecule has 0 aromatic carbocycles. The molecule has 212 valence electrons. The molecule has 37 heavy (non-hydrogen) atoms. The number of hydrogen-bond donors (Lipinski definition) is 0. The van der Waals surface area contributed by atoms with Gasteiger partial charge >= 0.3 is 23.9 Å². The van der Waals surface area contributed by atoms with E-state index in [1.54, 1.807) is 23.5 Å². The monoisotopic (exact) mass is 562 g/mol. The molecular weight excluding hydrogens is 520 g/mol. The number of esters is 4. The van der Waals surface area contributed by atoms with Crippen molar-refractivity contribution in [3.05, 3.63) is 25.3 Å². The Kier molecular flexibility index (Phi) is 23.1. The summed E-state index contributed by atoms with van der Waals surface area (Å²) < 4.78 is 26.6. The summed E-state index contributed by atoms with van der Waals surface area (Å²) in [5.41, 5.74) is 0. The van der Waals surface area contributed by atoms with Gasteiger partial charge in [-0.25, -0.2) is 9.59 Å². The number of carbonyl (C=O) groups is 4. The lowest BCUT2D eigenvalue weighted by Gasteiger charge is -2.20. The number of ether oxygens (including phenoxy) is 5. The molecular formula is C26H42O9S2. The summed E-state index contributed by atoms with van der Waals surface area (Å²) in [6.45, 7) is 11.1. The normalized spacial score (nSPS) is 12.2. The van der Waals surface area contributed by atoms with Crippen LogP contribution >= 0.6 is 23.5 Å². The quantitative estimate of drug-likeness (QED) is 0.0739. The summed E-state index contributed by atoms with van der Waals surface area (Å²) in [7, 11) is 0. The van der Waals surface area contributed by atoms with Crippen molar-refractivity contribution >= 4 is 47.4 Å². The third-order valence-corrected chi connectivity index (χ3v) is 6.90.